The summed E-state index contributed by atoms with van der Waals surface area (Å²) in [5.74, 6) is 1.12. The predicted molar refractivity (Wildman–Crippen MR) is 83.9 cm³/mol. The van der Waals surface area contributed by atoms with E-state index in [0.29, 0.717) is 0 Å². The summed E-state index contributed by atoms with van der Waals surface area (Å²) in [5, 5.41) is 3.57. The molecule has 0 aromatic carbocycles. The van der Waals surface area contributed by atoms with E-state index in [0.717, 1.165) is 31.0 Å². The molecule has 0 atom stereocenters. The van der Waals surface area contributed by atoms with Crippen LogP contribution in [-0.4, -0.2) is 24.1 Å². The van der Waals surface area contributed by atoms with Crippen molar-refractivity contribution in [1.29, 1.82) is 0 Å². The average molecular weight is 263 g/mol. The summed E-state index contributed by atoms with van der Waals surface area (Å²) in [6.07, 6.45) is 1.14. The summed E-state index contributed by atoms with van der Waals surface area (Å²) in [4.78, 5) is 7.00. The van der Waals surface area contributed by atoms with Crippen LogP contribution in [0.4, 0.5) is 5.82 Å². The van der Waals surface area contributed by atoms with Crippen molar-refractivity contribution >= 4 is 5.82 Å². The second kappa shape index (κ2) is 6.38. The first-order valence-corrected chi connectivity index (χ1v) is 7.18. The number of nitrogens with one attached hydrogen (secondary N) is 1. The minimum absolute atomic E-state index is 0.123. The lowest BCUT2D eigenvalue weighted by Crippen LogP contribution is -2.36. The minimum atomic E-state index is 0.123. The lowest BCUT2D eigenvalue weighted by Gasteiger charge is -2.26. The third kappa shape index (κ3) is 4.83. The number of pyridine rings is 1. The van der Waals surface area contributed by atoms with Crippen LogP contribution < -0.4 is 10.2 Å². The molecule has 0 aliphatic heterocycles. The molecule has 0 aliphatic carbocycles. The second-order valence-corrected chi connectivity index (χ2v) is 6.41. The molecule has 0 spiro atoms. The molecule has 19 heavy (non-hydrogen) atoms. The Bertz CT molecular complexity index is 419. The monoisotopic (exact) mass is 263 g/mol. The van der Waals surface area contributed by atoms with Crippen molar-refractivity contribution in [1.82, 2.24) is 10.3 Å². The van der Waals surface area contributed by atoms with Crippen molar-refractivity contribution in [3.8, 4) is 0 Å². The number of hydrogen-bond acceptors (Lipinski definition) is 3. The van der Waals surface area contributed by atoms with Gasteiger partial charge in [0.2, 0.25) is 0 Å². The van der Waals surface area contributed by atoms with E-state index in [1.807, 2.05) is 0 Å². The van der Waals surface area contributed by atoms with Gasteiger partial charge in [0.25, 0.3) is 0 Å². The Kier molecular flexibility index (Phi) is 5.36. The van der Waals surface area contributed by atoms with Crippen LogP contribution in [0.25, 0.3) is 0 Å². The maximum Gasteiger partial charge on any atom is 0.133 e. The van der Waals surface area contributed by atoms with Crippen molar-refractivity contribution < 1.29 is 0 Å². The number of hydrogen-bond donors (Lipinski definition) is 1. The first-order chi connectivity index (χ1) is 8.74. The maximum absolute atomic E-state index is 4.74. The van der Waals surface area contributed by atoms with Gasteiger partial charge in [-0.3, -0.25) is 0 Å². The first-order valence-electron chi connectivity index (χ1n) is 7.18. The van der Waals surface area contributed by atoms with Crippen LogP contribution in [-0.2, 0) is 6.54 Å². The summed E-state index contributed by atoms with van der Waals surface area (Å²) in [6, 6.07) is 2.17. The van der Waals surface area contributed by atoms with Crippen LogP contribution in [0.5, 0.6) is 0 Å². The Morgan fingerprint density at radius 3 is 2.42 bits per heavy atom. The van der Waals surface area contributed by atoms with E-state index in [9.17, 15) is 0 Å². The Morgan fingerprint density at radius 1 is 1.26 bits per heavy atom. The van der Waals surface area contributed by atoms with E-state index in [2.05, 4.69) is 64.9 Å². The van der Waals surface area contributed by atoms with Gasteiger partial charge in [-0.05, 0) is 52.7 Å². The van der Waals surface area contributed by atoms with Gasteiger partial charge in [-0.15, -0.1) is 0 Å². The molecule has 108 valence electrons. The third-order valence-electron chi connectivity index (χ3n) is 3.17. The number of anilines is 1. The molecular formula is C16H29N3. The van der Waals surface area contributed by atoms with E-state index >= 15 is 0 Å². The largest absolute Gasteiger partial charge is 0.359 e. The highest BCUT2D eigenvalue weighted by Gasteiger charge is 2.15. The highest BCUT2D eigenvalue weighted by molar-refractivity contribution is 5.51. The lowest BCUT2D eigenvalue weighted by atomic mass is 10.1. The van der Waals surface area contributed by atoms with E-state index in [1.54, 1.807) is 0 Å². The van der Waals surface area contributed by atoms with Gasteiger partial charge in [0.1, 0.15) is 5.82 Å². The standard InChI is InChI=1S/C16H29N3/c1-8-9-19(7)15-14(11-17-16(4,5)6)12(2)10-13(3)18-15/h10,17H,8-9,11H2,1-7H3. The van der Waals surface area contributed by atoms with Crippen LogP contribution >= 0.6 is 0 Å². The molecule has 0 radical (unpaired) electrons. The van der Waals surface area contributed by atoms with Crippen molar-refractivity contribution in [2.24, 2.45) is 0 Å². The molecule has 3 nitrogen and oxygen atoms in total. The molecule has 0 aliphatic rings. The van der Waals surface area contributed by atoms with Crippen molar-refractivity contribution in [3.05, 3.63) is 22.9 Å². The van der Waals surface area contributed by atoms with E-state index in [1.165, 1.54) is 11.1 Å². The van der Waals surface area contributed by atoms with Gasteiger partial charge in [-0.2, -0.15) is 0 Å². The number of aryl methyl sites for hydroxylation is 2. The molecule has 1 aromatic heterocycles. The lowest BCUT2D eigenvalue weighted by molar-refractivity contribution is 0.423. The van der Waals surface area contributed by atoms with E-state index in [4.69, 9.17) is 4.98 Å². The summed E-state index contributed by atoms with van der Waals surface area (Å²) >= 11 is 0. The van der Waals surface area contributed by atoms with Crippen molar-refractivity contribution in [3.63, 3.8) is 0 Å². The highest BCUT2D eigenvalue weighted by atomic mass is 15.2. The van der Waals surface area contributed by atoms with Gasteiger partial charge in [-0.1, -0.05) is 6.92 Å². The van der Waals surface area contributed by atoms with Crippen LogP contribution in [0.2, 0.25) is 0 Å². The molecule has 0 saturated carbocycles. The first kappa shape index (κ1) is 16.0. The smallest absolute Gasteiger partial charge is 0.133 e. The molecule has 1 N–H and O–H groups in total. The Labute approximate surface area is 118 Å². The molecule has 0 unspecified atom stereocenters. The topological polar surface area (TPSA) is 28.2 Å². The summed E-state index contributed by atoms with van der Waals surface area (Å²) in [7, 11) is 2.13. The minimum Gasteiger partial charge on any atom is -0.359 e. The van der Waals surface area contributed by atoms with Gasteiger partial charge in [-0.25, -0.2) is 4.98 Å². The van der Waals surface area contributed by atoms with Gasteiger partial charge >= 0.3 is 0 Å². The van der Waals surface area contributed by atoms with Gasteiger partial charge in [0, 0.05) is 36.9 Å². The highest BCUT2D eigenvalue weighted by Crippen LogP contribution is 2.22. The summed E-state index contributed by atoms with van der Waals surface area (Å²) in [5.41, 5.74) is 3.85. The summed E-state index contributed by atoms with van der Waals surface area (Å²) in [6.45, 7) is 14.9. The molecule has 0 amide bonds. The molecule has 1 heterocycles. The fourth-order valence-corrected chi connectivity index (χ4v) is 2.17. The Balaban J connectivity index is 3.06. The number of rotatable bonds is 5. The third-order valence-corrected chi connectivity index (χ3v) is 3.17. The van der Waals surface area contributed by atoms with Crippen LogP contribution in [0.1, 0.15) is 50.9 Å². The maximum atomic E-state index is 4.74. The molecule has 0 saturated heterocycles. The Morgan fingerprint density at radius 2 is 1.89 bits per heavy atom. The normalized spacial score (nSPS) is 11.7. The molecule has 1 rings (SSSR count). The molecule has 0 bridgehead atoms. The predicted octanol–water partition coefficient (Wildman–Crippen LogP) is 3.43. The van der Waals surface area contributed by atoms with E-state index in [-0.39, 0.29) is 5.54 Å². The van der Waals surface area contributed by atoms with Gasteiger partial charge < -0.3 is 10.2 Å². The van der Waals surface area contributed by atoms with Crippen LogP contribution in [0.3, 0.4) is 0 Å². The molecule has 0 fully saturated rings. The van der Waals surface area contributed by atoms with Crippen LogP contribution in [0, 0.1) is 13.8 Å². The Hall–Kier alpha value is -1.09. The SMILES string of the molecule is CCCN(C)c1nc(C)cc(C)c1CNC(C)(C)C. The zero-order valence-corrected chi connectivity index (χ0v) is 13.6. The molecule has 3 heteroatoms. The fourth-order valence-electron chi connectivity index (χ4n) is 2.17. The van der Waals surface area contributed by atoms with Gasteiger partial charge in [0.15, 0.2) is 0 Å². The summed E-state index contributed by atoms with van der Waals surface area (Å²) < 4.78 is 0. The quantitative estimate of drug-likeness (QED) is 0.882. The zero-order valence-electron chi connectivity index (χ0n) is 13.6. The fraction of sp³-hybridized carbons (Fsp3) is 0.688. The van der Waals surface area contributed by atoms with Crippen LogP contribution in [0.15, 0.2) is 6.07 Å². The number of nitrogens with zero attached hydrogens (tertiary/aromatic N) is 2. The zero-order chi connectivity index (χ0) is 14.6. The van der Waals surface area contributed by atoms with Gasteiger partial charge in [0.05, 0.1) is 0 Å². The average Bonchev–Trinajstić information content (AvgIpc) is 2.25. The van der Waals surface area contributed by atoms with Crippen molar-refractivity contribution in [2.45, 2.75) is 60.0 Å². The second-order valence-electron chi connectivity index (χ2n) is 6.41. The number of aromatic nitrogens is 1. The molecule has 1 aromatic rings. The van der Waals surface area contributed by atoms with E-state index < -0.39 is 0 Å². The van der Waals surface area contributed by atoms with Crippen molar-refractivity contribution in [2.75, 3.05) is 18.5 Å². The molecular weight excluding hydrogens is 234 g/mol.